The number of nitrogens with zero attached hydrogens (tertiary/aromatic N) is 2. The van der Waals surface area contributed by atoms with Crippen molar-refractivity contribution in [2.75, 3.05) is 19.6 Å². The normalized spacial score (nSPS) is 21.6. The van der Waals surface area contributed by atoms with Crippen LogP contribution in [0.4, 0.5) is 0 Å². The first-order valence-corrected chi connectivity index (χ1v) is 16.0. The van der Waals surface area contributed by atoms with Gasteiger partial charge in [0.25, 0.3) is 0 Å². The number of amides is 2. The summed E-state index contributed by atoms with van der Waals surface area (Å²) in [5.74, 6) is -1.85. The van der Waals surface area contributed by atoms with E-state index in [-0.39, 0.29) is 41.9 Å². The van der Waals surface area contributed by atoms with E-state index in [0.29, 0.717) is 25.7 Å². The molecule has 2 aromatic rings. The van der Waals surface area contributed by atoms with Crippen LogP contribution in [-0.4, -0.2) is 74.8 Å². The first-order chi connectivity index (χ1) is 20.2. The van der Waals surface area contributed by atoms with Gasteiger partial charge in [-0.15, -0.1) is 0 Å². The van der Waals surface area contributed by atoms with Gasteiger partial charge in [-0.3, -0.25) is 19.3 Å². The summed E-state index contributed by atoms with van der Waals surface area (Å²) in [5.41, 5.74) is 3.91. The Bertz CT molecular complexity index is 1280. The number of fused-ring (bicyclic) bond motifs is 3. The molecule has 226 valence electrons. The second-order valence-corrected chi connectivity index (χ2v) is 12.5. The number of nitrogens with one attached hydrogen (secondary N) is 1. The summed E-state index contributed by atoms with van der Waals surface area (Å²) in [7, 11) is 0. The van der Waals surface area contributed by atoms with Crippen molar-refractivity contribution < 1.29 is 24.3 Å². The standard InChI is InChI=1S/C33H43N3O5S/c1-5-21(4)30(42-29(37)20-35(6-2)7-3)31(38)34-26-19-24-17-16-23(22-12-9-8-10-13-22)18-25(24)27-14-11-15-28(33(40)41)36(27)32(26)39/h8-10,12-13,16-18,21,26-28,30H,5-7,11,14-15,19-20H2,1-4H3,(H,34,38)(H,40,41)/t21-,26-,27+,28-,30-/m0/s1. The van der Waals surface area contributed by atoms with Crippen molar-refractivity contribution in [3.05, 3.63) is 59.7 Å². The molecule has 9 heteroatoms. The van der Waals surface area contributed by atoms with Crippen molar-refractivity contribution in [1.29, 1.82) is 0 Å². The van der Waals surface area contributed by atoms with Gasteiger partial charge in [-0.2, -0.15) is 0 Å². The first kappa shape index (κ1) is 31.8. The molecule has 2 heterocycles. The van der Waals surface area contributed by atoms with Crippen molar-refractivity contribution in [2.45, 2.75) is 83.2 Å². The Morgan fingerprint density at radius 1 is 1.05 bits per heavy atom. The van der Waals surface area contributed by atoms with E-state index in [1.807, 2.05) is 75.1 Å². The number of aliphatic carboxylic acids is 1. The summed E-state index contributed by atoms with van der Waals surface area (Å²) in [5, 5.41) is 12.4. The van der Waals surface area contributed by atoms with Gasteiger partial charge in [0.15, 0.2) is 0 Å². The predicted molar refractivity (Wildman–Crippen MR) is 166 cm³/mol. The van der Waals surface area contributed by atoms with E-state index in [0.717, 1.165) is 47.1 Å². The van der Waals surface area contributed by atoms with E-state index in [4.69, 9.17) is 0 Å². The number of hydrogen-bond acceptors (Lipinski definition) is 6. The minimum absolute atomic E-state index is 0.0767. The van der Waals surface area contributed by atoms with E-state index in [1.165, 1.54) is 4.90 Å². The number of thioether (sulfide) groups is 1. The molecule has 1 saturated heterocycles. The average Bonchev–Trinajstić information content (AvgIpc) is 3.12. The number of hydrogen-bond donors (Lipinski definition) is 2. The van der Waals surface area contributed by atoms with Crippen LogP contribution < -0.4 is 5.32 Å². The zero-order chi connectivity index (χ0) is 30.4. The lowest BCUT2D eigenvalue weighted by Crippen LogP contribution is -2.56. The fourth-order valence-corrected chi connectivity index (χ4v) is 7.20. The topological polar surface area (TPSA) is 107 Å². The first-order valence-electron chi connectivity index (χ1n) is 15.1. The van der Waals surface area contributed by atoms with Crippen LogP contribution in [0.25, 0.3) is 11.1 Å². The number of carboxylic acid groups (broad SMARTS) is 1. The van der Waals surface area contributed by atoms with Gasteiger partial charge in [-0.1, -0.05) is 88.3 Å². The van der Waals surface area contributed by atoms with Gasteiger partial charge in [-0.25, -0.2) is 4.79 Å². The van der Waals surface area contributed by atoms with Crippen molar-refractivity contribution in [3.8, 4) is 11.1 Å². The Hall–Kier alpha value is -3.17. The predicted octanol–water partition coefficient (Wildman–Crippen LogP) is 4.92. The molecule has 4 rings (SSSR count). The lowest BCUT2D eigenvalue weighted by atomic mass is 9.87. The molecule has 0 aromatic heterocycles. The third-order valence-electron chi connectivity index (χ3n) is 8.74. The maximum atomic E-state index is 14.1. The summed E-state index contributed by atoms with van der Waals surface area (Å²) in [6, 6.07) is 13.8. The van der Waals surface area contributed by atoms with Gasteiger partial charge >= 0.3 is 5.97 Å². The summed E-state index contributed by atoms with van der Waals surface area (Å²) in [6.45, 7) is 9.66. The van der Waals surface area contributed by atoms with Crippen molar-refractivity contribution in [2.24, 2.45) is 5.92 Å². The highest BCUT2D eigenvalue weighted by Gasteiger charge is 2.45. The molecule has 8 nitrogen and oxygen atoms in total. The van der Waals surface area contributed by atoms with Gasteiger partial charge in [0.2, 0.25) is 16.9 Å². The molecule has 2 aromatic carbocycles. The average molecular weight is 594 g/mol. The van der Waals surface area contributed by atoms with Crippen LogP contribution in [0, 0.1) is 5.92 Å². The second-order valence-electron chi connectivity index (χ2n) is 11.3. The number of carbonyl (C=O) groups excluding carboxylic acids is 3. The molecule has 0 aliphatic carbocycles. The van der Waals surface area contributed by atoms with Crippen LogP contribution in [0.1, 0.15) is 70.5 Å². The summed E-state index contributed by atoms with van der Waals surface area (Å²) in [4.78, 5) is 56.7. The highest BCUT2D eigenvalue weighted by atomic mass is 32.2. The zero-order valence-corrected chi connectivity index (χ0v) is 25.9. The summed E-state index contributed by atoms with van der Waals surface area (Å²) in [6.07, 6.45) is 2.69. The highest BCUT2D eigenvalue weighted by molar-refractivity contribution is 8.14. The SMILES string of the molecule is CC[C@H](C)[C@H](SC(=O)CN(CC)CC)C(=O)N[C@H]1Cc2ccc(-c3ccccc3)cc2[C@H]2CCC[C@@H](C(=O)O)N2C1=O. The minimum atomic E-state index is -1.03. The molecule has 0 saturated carbocycles. The van der Waals surface area contributed by atoms with Gasteiger partial charge in [0.1, 0.15) is 12.1 Å². The zero-order valence-electron chi connectivity index (χ0n) is 25.0. The molecule has 2 amide bonds. The molecular weight excluding hydrogens is 550 g/mol. The number of carboxylic acids is 1. The fourth-order valence-electron chi connectivity index (χ4n) is 6.06. The molecule has 0 unspecified atom stereocenters. The largest absolute Gasteiger partial charge is 0.480 e. The number of piperidine rings is 1. The summed E-state index contributed by atoms with van der Waals surface area (Å²) >= 11 is 1.04. The van der Waals surface area contributed by atoms with Crippen LogP contribution in [0.5, 0.6) is 0 Å². The van der Waals surface area contributed by atoms with Crippen LogP contribution in [-0.2, 0) is 25.6 Å². The van der Waals surface area contributed by atoms with Crippen LogP contribution in [0.15, 0.2) is 48.5 Å². The van der Waals surface area contributed by atoms with E-state index in [1.54, 1.807) is 0 Å². The minimum Gasteiger partial charge on any atom is -0.480 e. The van der Waals surface area contributed by atoms with Crippen LogP contribution >= 0.6 is 11.8 Å². The van der Waals surface area contributed by atoms with Gasteiger partial charge in [0.05, 0.1) is 17.8 Å². The molecule has 2 aliphatic rings. The third kappa shape index (κ3) is 7.06. The summed E-state index contributed by atoms with van der Waals surface area (Å²) < 4.78 is 0. The van der Waals surface area contributed by atoms with Gasteiger partial charge in [0, 0.05) is 6.42 Å². The quantitative estimate of drug-likeness (QED) is 0.381. The van der Waals surface area contributed by atoms with Gasteiger partial charge < -0.3 is 15.3 Å². The highest BCUT2D eigenvalue weighted by Crippen LogP contribution is 2.41. The molecule has 0 radical (unpaired) electrons. The Morgan fingerprint density at radius 3 is 2.40 bits per heavy atom. The van der Waals surface area contributed by atoms with E-state index < -0.39 is 23.3 Å². The Balaban J connectivity index is 1.66. The fraction of sp³-hybridized carbons (Fsp3) is 0.515. The Labute approximate surface area is 253 Å². The van der Waals surface area contributed by atoms with Crippen molar-refractivity contribution in [3.63, 3.8) is 0 Å². The molecule has 0 spiro atoms. The van der Waals surface area contributed by atoms with E-state index in [2.05, 4.69) is 11.4 Å². The molecule has 2 N–H and O–H groups in total. The number of carbonyl (C=O) groups is 4. The Kier molecular flexibility index (Phi) is 10.8. The Morgan fingerprint density at radius 2 is 1.76 bits per heavy atom. The lowest BCUT2D eigenvalue weighted by molar-refractivity contribution is -0.156. The van der Waals surface area contributed by atoms with Crippen molar-refractivity contribution >= 4 is 34.7 Å². The number of benzene rings is 2. The molecular formula is C33H43N3O5S. The van der Waals surface area contributed by atoms with Gasteiger partial charge in [-0.05, 0) is 66.6 Å². The third-order valence-corrected chi connectivity index (χ3v) is 10.1. The molecule has 1 fully saturated rings. The van der Waals surface area contributed by atoms with Crippen LogP contribution in [0.3, 0.4) is 0 Å². The second kappa shape index (κ2) is 14.3. The van der Waals surface area contributed by atoms with E-state index in [9.17, 15) is 24.3 Å². The van der Waals surface area contributed by atoms with E-state index >= 15 is 0 Å². The molecule has 42 heavy (non-hydrogen) atoms. The molecule has 0 bridgehead atoms. The lowest BCUT2D eigenvalue weighted by Gasteiger charge is -2.41. The maximum Gasteiger partial charge on any atom is 0.326 e. The monoisotopic (exact) mass is 593 g/mol. The molecule has 5 atom stereocenters. The van der Waals surface area contributed by atoms with Crippen molar-refractivity contribution in [1.82, 2.24) is 15.1 Å². The van der Waals surface area contributed by atoms with Crippen LogP contribution in [0.2, 0.25) is 0 Å². The smallest absolute Gasteiger partial charge is 0.326 e. The number of rotatable bonds is 11. The molecule has 2 aliphatic heterocycles. The maximum absolute atomic E-state index is 14.1. The number of likely N-dealkylation sites (N-methyl/N-ethyl adjacent to an activating group) is 1.